The summed E-state index contributed by atoms with van der Waals surface area (Å²) >= 11 is 0. The molecular formula is C22H24N2O. The summed E-state index contributed by atoms with van der Waals surface area (Å²) in [5.74, 6) is 6.58. The lowest BCUT2D eigenvalue weighted by molar-refractivity contribution is -0.118. The van der Waals surface area contributed by atoms with Gasteiger partial charge in [-0.3, -0.25) is 4.79 Å². The third-order valence-corrected chi connectivity index (χ3v) is 4.17. The molecule has 0 radical (unpaired) electrons. The van der Waals surface area contributed by atoms with E-state index >= 15 is 0 Å². The summed E-state index contributed by atoms with van der Waals surface area (Å²) in [5, 5.41) is 3.39. The Kier molecular flexibility index (Phi) is 4.92. The number of hydrogen-bond acceptors (Lipinski definition) is 2. The Morgan fingerprint density at radius 1 is 1.04 bits per heavy atom. The molecule has 3 nitrogen and oxygen atoms in total. The second-order valence-electron chi connectivity index (χ2n) is 7.33. The predicted octanol–water partition coefficient (Wildman–Crippen LogP) is 3.71. The molecule has 0 atom stereocenters. The normalized spacial score (nSPS) is 13.0. The van der Waals surface area contributed by atoms with Crippen molar-refractivity contribution in [2.45, 2.75) is 39.3 Å². The van der Waals surface area contributed by atoms with Crippen LogP contribution in [-0.4, -0.2) is 18.0 Å². The van der Waals surface area contributed by atoms with E-state index in [2.05, 4.69) is 37.9 Å². The second-order valence-corrected chi connectivity index (χ2v) is 7.33. The predicted molar refractivity (Wildman–Crippen MR) is 102 cm³/mol. The number of carbonyl (C=O) groups is 1. The largest absolute Gasteiger partial charge is 0.312 e. The SMILES string of the molecule is CC(C)(C)NCCC(=O)N1Cc2ccccc2C#Cc2ccccc21. The van der Waals surface area contributed by atoms with Gasteiger partial charge in [-0.05, 0) is 44.5 Å². The zero-order valence-corrected chi connectivity index (χ0v) is 15.1. The van der Waals surface area contributed by atoms with E-state index in [4.69, 9.17) is 0 Å². The summed E-state index contributed by atoms with van der Waals surface area (Å²) in [7, 11) is 0. The molecule has 0 saturated heterocycles. The lowest BCUT2D eigenvalue weighted by Gasteiger charge is -2.27. The highest BCUT2D eigenvalue weighted by atomic mass is 16.2. The van der Waals surface area contributed by atoms with Crippen molar-refractivity contribution in [3.63, 3.8) is 0 Å². The van der Waals surface area contributed by atoms with E-state index in [9.17, 15) is 4.79 Å². The molecule has 1 aliphatic heterocycles. The van der Waals surface area contributed by atoms with Crippen LogP contribution in [0.3, 0.4) is 0 Å². The molecule has 0 saturated carbocycles. The molecule has 3 rings (SSSR count). The first-order valence-electron chi connectivity index (χ1n) is 8.68. The molecular weight excluding hydrogens is 308 g/mol. The van der Waals surface area contributed by atoms with Crippen LogP contribution < -0.4 is 10.2 Å². The third-order valence-electron chi connectivity index (χ3n) is 4.17. The van der Waals surface area contributed by atoms with Crippen molar-refractivity contribution in [1.82, 2.24) is 5.32 Å². The van der Waals surface area contributed by atoms with Gasteiger partial charge in [-0.15, -0.1) is 0 Å². The Morgan fingerprint density at radius 2 is 1.68 bits per heavy atom. The molecule has 2 aromatic carbocycles. The summed E-state index contributed by atoms with van der Waals surface area (Å²) in [6, 6.07) is 15.9. The average Bonchev–Trinajstić information content (AvgIpc) is 2.55. The van der Waals surface area contributed by atoms with Crippen LogP contribution in [0.15, 0.2) is 48.5 Å². The maximum atomic E-state index is 13.0. The number of rotatable bonds is 3. The summed E-state index contributed by atoms with van der Waals surface area (Å²) in [6.45, 7) is 7.53. The number of nitrogens with one attached hydrogen (secondary N) is 1. The van der Waals surface area contributed by atoms with Gasteiger partial charge in [-0.25, -0.2) is 0 Å². The molecule has 1 heterocycles. The molecule has 3 heteroatoms. The first-order valence-corrected chi connectivity index (χ1v) is 8.68. The van der Waals surface area contributed by atoms with Gasteiger partial charge in [0.2, 0.25) is 5.91 Å². The van der Waals surface area contributed by atoms with Crippen LogP contribution in [0.5, 0.6) is 0 Å². The second kappa shape index (κ2) is 7.13. The van der Waals surface area contributed by atoms with E-state index in [0.29, 0.717) is 19.5 Å². The highest BCUT2D eigenvalue weighted by molar-refractivity contribution is 5.95. The van der Waals surface area contributed by atoms with E-state index < -0.39 is 0 Å². The minimum Gasteiger partial charge on any atom is -0.312 e. The molecule has 0 aliphatic carbocycles. The van der Waals surface area contributed by atoms with Crippen molar-refractivity contribution in [3.8, 4) is 11.8 Å². The van der Waals surface area contributed by atoms with Crippen LogP contribution in [0.25, 0.3) is 0 Å². The molecule has 1 amide bonds. The van der Waals surface area contributed by atoms with Crippen molar-refractivity contribution >= 4 is 11.6 Å². The fourth-order valence-electron chi connectivity index (χ4n) is 2.89. The van der Waals surface area contributed by atoms with Crippen molar-refractivity contribution < 1.29 is 4.79 Å². The Balaban J connectivity index is 1.91. The van der Waals surface area contributed by atoms with Gasteiger partial charge >= 0.3 is 0 Å². The molecule has 1 aliphatic rings. The van der Waals surface area contributed by atoms with Crippen LogP contribution in [0, 0.1) is 11.8 Å². The van der Waals surface area contributed by atoms with Crippen molar-refractivity contribution in [2.75, 3.05) is 11.4 Å². The van der Waals surface area contributed by atoms with Crippen LogP contribution in [0.1, 0.15) is 43.9 Å². The zero-order chi connectivity index (χ0) is 17.9. The maximum absolute atomic E-state index is 13.0. The number of anilines is 1. The summed E-state index contributed by atoms with van der Waals surface area (Å²) < 4.78 is 0. The minimum absolute atomic E-state index is 0.00648. The Hall–Kier alpha value is -2.57. The summed E-state index contributed by atoms with van der Waals surface area (Å²) in [4.78, 5) is 14.8. The molecule has 0 bridgehead atoms. The van der Waals surface area contributed by atoms with E-state index in [-0.39, 0.29) is 11.4 Å². The van der Waals surface area contributed by atoms with Crippen molar-refractivity contribution in [3.05, 3.63) is 65.2 Å². The number of amides is 1. The van der Waals surface area contributed by atoms with Gasteiger partial charge in [0.15, 0.2) is 0 Å². The molecule has 0 aromatic heterocycles. The highest BCUT2D eigenvalue weighted by Gasteiger charge is 2.21. The monoisotopic (exact) mass is 332 g/mol. The molecule has 25 heavy (non-hydrogen) atoms. The van der Waals surface area contributed by atoms with Gasteiger partial charge in [0, 0.05) is 29.6 Å². The van der Waals surface area contributed by atoms with Gasteiger partial charge in [0.05, 0.1) is 12.2 Å². The van der Waals surface area contributed by atoms with Gasteiger partial charge in [-0.2, -0.15) is 0 Å². The van der Waals surface area contributed by atoms with E-state index in [1.165, 1.54) is 0 Å². The lowest BCUT2D eigenvalue weighted by Crippen LogP contribution is -2.39. The van der Waals surface area contributed by atoms with E-state index in [0.717, 1.165) is 22.4 Å². The minimum atomic E-state index is 0.00648. The summed E-state index contributed by atoms with van der Waals surface area (Å²) in [6.07, 6.45) is 0.460. The number of benzene rings is 2. The molecule has 2 aromatic rings. The van der Waals surface area contributed by atoms with Crippen LogP contribution in [-0.2, 0) is 11.3 Å². The van der Waals surface area contributed by atoms with Crippen LogP contribution in [0.2, 0.25) is 0 Å². The van der Waals surface area contributed by atoms with Crippen molar-refractivity contribution in [1.29, 1.82) is 0 Å². The van der Waals surface area contributed by atoms with Gasteiger partial charge in [0.1, 0.15) is 0 Å². The summed E-state index contributed by atoms with van der Waals surface area (Å²) in [5.41, 5.74) is 3.87. The van der Waals surface area contributed by atoms with Gasteiger partial charge < -0.3 is 10.2 Å². The van der Waals surface area contributed by atoms with Crippen LogP contribution >= 0.6 is 0 Å². The van der Waals surface area contributed by atoms with Gasteiger partial charge in [-0.1, -0.05) is 42.2 Å². The Morgan fingerprint density at radius 3 is 2.44 bits per heavy atom. The molecule has 0 fully saturated rings. The molecule has 0 spiro atoms. The number of para-hydroxylation sites is 1. The zero-order valence-electron chi connectivity index (χ0n) is 15.1. The molecule has 1 N–H and O–H groups in total. The highest BCUT2D eigenvalue weighted by Crippen LogP contribution is 2.25. The number of fused-ring (bicyclic) bond motifs is 2. The lowest BCUT2D eigenvalue weighted by atomic mass is 10.0. The third kappa shape index (κ3) is 4.29. The van der Waals surface area contributed by atoms with Crippen molar-refractivity contribution in [2.24, 2.45) is 0 Å². The average molecular weight is 332 g/mol. The van der Waals surface area contributed by atoms with E-state index in [1.54, 1.807) is 0 Å². The number of nitrogens with zero attached hydrogens (tertiary/aromatic N) is 1. The standard InChI is InChI=1S/C22H24N2O/c1-22(2,3)23-15-14-21(25)24-16-19-10-5-4-8-17(19)12-13-18-9-6-7-11-20(18)24/h4-11,23H,14-16H2,1-3H3. The topological polar surface area (TPSA) is 32.3 Å². The van der Waals surface area contributed by atoms with E-state index in [1.807, 2.05) is 53.4 Å². The van der Waals surface area contributed by atoms with Gasteiger partial charge in [0.25, 0.3) is 0 Å². The Labute approximate surface area is 150 Å². The number of carbonyl (C=O) groups excluding carboxylic acids is 1. The molecule has 128 valence electrons. The maximum Gasteiger partial charge on any atom is 0.228 e. The van der Waals surface area contributed by atoms with Crippen LogP contribution in [0.4, 0.5) is 5.69 Å². The Bertz CT molecular complexity index is 837. The number of hydrogen-bond donors (Lipinski definition) is 1. The smallest absolute Gasteiger partial charge is 0.228 e. The fraction of sp³-hybridized carbons (Fsp3) is 0.318. The first-order chi connectivity index (χ1) is 11.9. The first kappa shape index (κ1) is 17.3. The fourth-order valence-corrected chi connectivity index (χ4v) is 2.89. The molecule has 0 unspecified atom stereocenters. The quantitative estimate of drug-likeness (QED) is 0.869.